The average Bonchev–Trinajstić information content (AvgIpc) is 3.11. The van der Waals surface area contributed by atoms with Crippen LogP contribution in [0.4, 0.5) is 0 Å². The maximum atomic E-state index is 12.6. The number of rotatable bonds is 8. The highest BCUT2D eigenvalue weighted by Crippen LogP contribution is 2.29. The Kier molecular flexibility index (Phi) is 7.86. The molecule has 172 valence electrons. The zero-order chi connectivity index (χ0) is 23.1. The highest BCUT2D eigenvalue weighted by molar-refractivity contribution is 6.04. The first kappa shape index (κ1) is 23.3. The third-order valence-corrected chi connectivity index (χ3v) is 5.38. The lowest BCUT2D eigenvalue weighted by atomic mass is 10.1. The highest BCUT2D eigenvalue weighted by Gasteiger charge is 2.32. The maximum Gasteiger partial charge on any atom is 0.246 e. The van der Waals surface area contributed by atoms with Gasteiger partial charge in [-0.15, -0.1) is 0 Å². The molecule has 0 radical (unpaired) electrons. The van der Waals surface area contributed by atoms with Crippen molar-refractivity contribution in [1.82, 2.24) is 14.7 Å². The number of amides is 4. The van der Waals surface area contributed by atoms with Crippen LogP contribution in [0.2, 0.25) is 0 Å². The quantitative estimate of drug-likeness (QED) is 0.444. The molecule has 2 fully saturated rings. The molecule has 0 aromatic heterocycles. The molecule has 1 aromatic rings. The van der Waals surface area contributed by atoms with Crippen LogP contribution >= 0.6 is 0 Å². The van der Waals surface area contributed by atoms with Crippen LogP contribution in [0.5, 0.6) is 11.5 Å². The van der Waals surface area contributed by atoms with Crippen LogP contribution in [0, 0.1) is 0 Å². The minimum Gasteiger partial charge on any atom is -0.490 e. The zero-order valence-corrected chi connectivity index (χ0v) is 18.5. The van der Waals surface area contributed by atoms with E-state index in [0.29, 0.717) is 50.9 Å². The fraction of sp³-hybridized carbons (Fsp3) is 0.478. The number of carbonyl (C=O) groups is 4. The van der Waals surface area contributed by atoms with Gasteiger partial charge in [0.15, 0.2) is 11.5 Å². The molecule has 0 aliphatic carbocycles. The molecule has 2 heterocycles. The summed E-state index contributed by atoms with van der Waals surface area (Å²) in [6, 6.07) is 5.50. The van der Waals surface area contributed by atoms with Crippen molar-refractivity contribution in [2.75, 3.05) is 45.9 Å². The molecule has 0 unspecified atom stereocenters. The Morgan fingerprint density at radius 1 is 0.906 bits per heavy atom. The average molecular weight is 444 g/mol. The SMILES string of the molecule is CCOc1ccc(/C=C/C(=O)N2CCN(C(=O)CN3C(=O)CCC3=O)CC2)cc1OCC. The lowest BCUT2D eigenvalue weighted by molar-refractivity contribution is -0.146. The van der Waals surface area contributed by atoms with E-state index in [-0.39, 0.29) is 43.0 Å². The topological polar surface area (TPSA) is 96.5 Å². The van der Waals surface area contributed by atoms with Gasteiger partial charge in [0.25, 0.3) is 0 Å². The summed E-state index contributed by atoms with van der Waals surface area (Å²) < 4.78 is 11.2. The summed E-state index contributed by atoms with van der Waals surface area (Å²) in [4.78, 5) is 52.7. The monoisotopic (exact) mass is 443 g/mol. The number of carbonyl (C=O) groups excluding carboxylic acids is 4. The van der Waals surface area contributed by atoms with Crippen LogP contribution in [0.1, 0.15) is 32.3 Å². The van der Waals surface area contributed by atoms with Crippen LogP contribution < -0.4 is 9.47 Å². The Morgan fingerprint density at radius 3 is 2.12 bits per heavy atom. The summed E-state index contributed by atoms with van der Waals surface area (Å²) in [5.74, 6) is 0.276. The normalized spacial score (nSPS) is 16.8. The maximum absolute atomic E-state index is 12.6. The first-order valence-electron chi connectivity index (χ1n) is 10.9. The first-order valence-corrected chi connectivity index (χ1v) is 10.9. The number of hydrogen-bond donors (Lipinski definition) is 0. The zero-order valence-electron chi connectivity index (χ0n) is 18.5. The Bertz CT molecular complexity index is 889. The minimum atomic E-state index is -0.302. The second kappa shape index (κ2) is 10.8. The second-order valence-electron chi connectivity index (χ2n) is 7.49. The summed E-state index contributed by atoms with van der Waals surface area (Å²) in [7, 11) is 0. The molecule has 0 spiro atoms. The van der Waals surface area contributed by atoms with Crippen molar-refractivity contribution < 1.29 is 28.7 Å². The van der Waals surface area contributed by atoms with Gasteiger partial charge >= 0.3 is 0 Å². The molecular formula is C23H29N3O6. The van der Waals surface area contributed by atoms with Crippen LogP contribution in [-0.2, 0) is 19.2 Å². The Morgan fingerprint density at radius 2 is 1.50 bits per heavy atom. The number of piperazine rings is 1. The van der Waals surface area contributed by atoms with E-state index in [9.17, 15) is 19.2 Å². The molecule has 32 heavy (non-hydrogen) atoms. The predicted molar refractivity (Wildman–Crippen MR) is 117 cm³/mol. The lowest BCUT2D eigenvalue weighted by Crippen LogP contribution is -2.52. The van der Waals surface area contributed by atoms with Crippen LogP contribution in [0.15, 0.2) is 24.3 Å². The lowest BCUT2D eigenvalue weighted by Gasteiger charge is -2.34. The van der Waals surface area contributed by atoms with Gasteiger partial charge in [0.1, 0.15) is 6.54 Å². The van der Waals surface area contributed by atoms with E-state index in [1.165, 1.54) is 6.08 Å². The van der Waals surface area contributed by atoms with Crippen molar-refractivity contribution in [2.24, 2.45) is 0 Å². The summed E-state index contributed by atoms with van der Waals surface area (Å²) in [5.41, 5.74) is 0.819. The molecule has 2 aliphatic rings. The molecule has 1 aromatic carbocycles. The molecule has 0 saturated carbocycles. The Balaban J connectivity index is 1.52. The van der Waals surface area contributed by atoms with Crippen molar-refractivity contribution in [3.63, 3.8) is 0 Å². The van der Waals surface area contributed by atoms with E-state index in [1.807, 2.05) is 32.0 Å². The van der Waals surface area contributed by atoms with Crippen molar-refractivity contribution in [3.05, 3.63) is 29.8 Å². The van der Waals surface area contributed by atoms with Crippen LogP contribution in [-0.4, -0.2) is 84.3 Å². The summed E-state index contributed by atoms with van der Waals surface area (Å²) in [6.07, 6.45) is 3.56. The number of ether oxygens (including phenoxy) is 2. The molecule has 2 aliphatic heterocycles. The van der Waals surface area contributed by atoms with Crippen molar-refractivity contribution in [2.45, 2.75) is 26.7 Å². The molecule has 0 bridgehead atoms. The largest absolute Gasteiger partial charge is 0.490 e. The molecule has 2 saturated heterocycles. The molecule has 0 atom stereocenters. The van der Waals surface area contributed by atoms with Gasteiger partial charge in [0, 0.05) is 45.1 Å². The molecule has 9 nitrogen and oxygen atoms in total. The van der Waals surface area contributed by atoms with Crippen molar-refractivity contribution in [3.8, 4) is 11.5 Å². The summed E-state index contributed by atoms with van der Waals surface area (Å²) in [5, 5.41) is 0. The highest BCUT2D eigenvalue weighted by atomic mass is 16.5. The van der Waals surface area contributed by atoms with Crippen molar-refractivity contribution >= 4 is 29.7 Å². The predicted octanol–water partition coefficient (Wildman–Crippen LogP) is 1.32. The number of hydrogen-bond acceptors (Lipinski definition) is 6. The van der Waals surface area contributed by atoms with Gasteiger partial charge < -0.3 is 19.3 Å². The smallest absolute Gasteiger partial charge is 0.246 e. The number of benzene rings is 1. The standard InChI is InChI=1S/C23H29N3O6/c1-3-31-18-7-5-17(15-19(18)32-4-2)6-8-20(27)24-11-13-25(14-12-24)23(30)16-26-21(28)9-10-22(26)29/h5-8,15H,3-4,9-14,16H2,1-2H3/b8-6+. The number of imide groups is 1. The fourth-order valence-corrected chi connectivity index (χ4v) is 3.66. The van der Waals surface area contributed by atoms with E-state index >= 15 is 0 Å². The van der Waals surface area contributed by atoms with E-state index in [2.05, 4.69) is 0 Å². The fourth-order valence-electron chi connectivity index (χ4n) is 3.66. The van der Waals surface area contributed by atoms with Gasteiger partial charge in [-0.3, -0.25) is 24.1 Å². The van der Waals surface area contributed by atoms with Gasteiger partial charge in [-0.2, -0.15) is 0 Å². The Labute approximate surface area is 187 Å². The van der Waals surface area contributed by atoms with Crippen LogP contribution in [0.3, 0.4) is 0 Å². The van der Waals surface area contributed by atoms with E-state index < -0.39 is 0 Å². The third-order valence-electron chi connectivity index (χ3n) is 5.38. The van der Waals surface area contributed by atoms with Gasteiger partial charge in [-0.1, -0.05) is 6.07 Å². The molecule has 9 heteroatoms. The minimum absolute atomic E-state index is 0.145. The molecular weight excluding hydrogens is 414 g/mol. The third kappa shape index (κ3) is 5.66. The van der Waals surface area contributed by atoms with Gasteiger partial charge in [0.05, 0.1) is 13.2 Å². The summed E-state index contributed by atoms with van der Waals surface area (Å²) in [6.45, 7) is 6.15. The van der Waals surface area contributed by atoms with Gasteiger partial charge in [0.2, 0.25) is 23.6 Å². The number of likely N-dealkylation sites (tertiary alicyclic amines) is 1. The number of nitrogens with zero attached hydrogens (tertiary/aromatic N) is 3. The van der Waals surface area contributed by atoms with Crippen molar-refractivity contribution in [1.29, 1.82) is 0 Å². The van der Waals surface area contributed by atoms with Gasteiger partial charge in [-0.25, -0.2) is 0 Å². The Hall–Kier alpha value is -3.36. The second-order valence-corrected chi connectivity index (χ2v) is 7.49. The van der Waals surface area contributed by atoms with Crippen LogP contribution in [0.25, 0.3) is 6.08 Å². The summed E-state index contributed by atoms with van der Waals surface area (Å²) >= 11 is 0. The first-order chi connectivity index (χ1) is 15.4. The van der Waals surface area contributed by atoms with E-state index in [0.717, 1.165) is 10.5 Å². The molecule has 0 N–H and O–H groups in total. The van der Waals surface area contributed by atoms with E-state index in [1.54, 1.807) is 15.9 Å². The van der Waals surface area contributed by atoms with E-state index in [4.69, 9.17) is 9.47 Å². The molecule has 4 amide bonds. The van der Waals surface area contributed by atoms with Gasteiger partial charge in [-0.05, 0) is 37.6 Å². The molecule has 3 rings (SSSR count).